The van der Waals surface area contributed by atoms with Crippen molar-refractivity contribution in [3.8, 4) is 0 Å². The quantitative estimate of drug-likeness (QED) is 0.886. The Labute approximate surface area is 125 Å². The first-order valence-electron chi connectivity index (χ1n) is 7.10. The van der Waals surface area contributed by atoms with Crippen molar-refractivity contribution < 1.29 is 9.90 Å². The topological polar surface area (TPSA) is 49.3 Å². The first-order valence-corrected chi connectivity index (χ1v) is 7.10. The van der Waals surface area contributed by atoms with Crippen molar-refractivity contribution in [3.05, 3.63) is 70.3 Å². The van der Waals surface area contributed by atoms with Crippen molar-refractivity contribution in [2.45, 2.75) is 33.4 Å². The highest BCUT2D eigenvalue weighted by molar-refractivity contribution is 5.78. The molecule has 2 rings (SSSR count). The van der Waals surface area contributed by atoms with Gasteiger partial charge in [0.2, 0.25) is 5.91 Å². The Morgan fingerprint density at radius 3 is 2.19 bits per heavy atom. The van der Waals surface area contributed by atoms with Crippen LogP contribution in [0.1, 0.15) is 27.8 Å². The molecule has 2 aromatic carbocycles. The maximum absolute atomic E-state index is 12.0. The van der Waals surface area contributed by atoms with Gasteiger partial charge in [-0.1, -0.05) is 42.5 Å². The van der Waals surface area contributed by atoms with Gasteiger partial charge >= 0.3 is 0 Å². The molecule has 0 unspecified atom stereocenters. The molecule has 2 N–H and O–H groups in total. The van der Waals surface area contributed by atoms with Gasteiger partial charge in [-0.3, -0.25) is 4.79 Å². The van der Waals surface area contributed by atoms with Gasteiger partial charge in [-0.2, -0.15) is 0 Å². The van der Waals surface area contributed by atoms with E-state index < -0.39 is 0 Å². The molecule has 3 heteroatoms. The van der Waals surface area contributed by atoms with Gasteiger partial charge in [0.15, 0.2) is 0 Å². The van der Waals surface area contributed by atoms with E-state index in [1.807, 2.05) is 36.4 Å². The van der Waals surface area contributed by atoms with Crippen LogP contribution in [0.2, 0.25) is 0 Å². The molecular formula is C18H21NO2. The molecule has 0 aliphatic heterocycles. The fourth-order valence-corrected chi connectivity index (χ4v) is 2.12. The van der Waals surface area contributed by atoms with E-state index in [9.17, 15) is 4.79 Å². The smallest absolute Gasteiger partial charge is 0.224 e. The van der Waals surface area contributed by atoms with Gasteiger partial charge in [0.25, 0.3) is 0 Å². The molecule has 0 heterocycles. The van der Waals surface area contributed by atoms with E-state index >= 15 is 0 Å². The summed E-state index contributed by atoms with van der Waals surface area (Å²) in [7, 11) is 0. The maximum atomic E-state index is 12.0. The molecule has 0 saturated carbocycles. The van der Waals surface area contributed by atoms with Crippen molar-refractivity contribution in [1.29, 1.82) is 0 Å². The molecule has 0 atom stereocenters. The number of aryl methyl sites for hydroxylation is 2. The molecule has 21 heavy (non-hydrogen) atoms. The van der Waals surface area contributed by atoms with Crippen molar-refractivity contribution in [3.63, 3.8) is 0 Å². The summed E-state index contributed by atoms with van der Waals surface area (Å²) in [6.45, 7) is 4.67. The van der Waals surface area contributed by atoms with Crippen LogP contribution in [-0.4, -0.2) is 11.0 Å². The average Bonchev–Trinajstić information content (AvgIpc) is 2.49. The lowest BCUT2D eigenvalue weighted by Crippen LogP contribution is -2.24. The normalized spacial score (nSPS) is 10.4. The number of carbonyl (C=O) groups is 1. The monoisotopic (exact) mass is 283 g/mol. The summed E-state index contributed by atoms with van der Waals surface area (Å²) in [6.07, 6.45) is 0.399. The first-order chi connectivity index (χ1) is 10.1. The maximum Gasteiger partial charge on any atom is 0.224 e. The number of aliphatic hydroxyl groups is 1. The van der Waals surface area contributed by atoms with Gasteiger partial charge in [0.1, 0.15) is 0 Å². The second-order valence-electron chi connectivity index (χ2n) is 5.35. The van der Waals surface area contributed by atoms with E-state index in [4.69, 9.17) is 5.11 Å². The average molecular weight is 283 g/mol. The van der Waals surface area contributed by atoms with Crippen LogP contribution in [-0.2, 0) is 24.4 Å². The third-order valence-electron chi connectivity index (χ3n) is 3.63. The molecule has 110 valence electrons. The largest absolute Gasteiger partial charge is 0.392 e. The minimum atomic E-state index is 0.0180. The van der Waals surface area contributed by atoms with Gasteiger partial charge in [-0.15, -0.1) is 0 Å². The summed E-state index contributed by atoms with van der Waals surface area (Å²) < 4.78 is 0. The molecule has 1 amide bonds. The number of amides is 1. The summed E-state index contributed by atoms with van der Waals surface area (Å²) in [5.41, 5.74) is 5.38. The zero-order valence-corrected chi connectivity index (χ0v) is 12.5. The number of rotatable bonds is 5. The van der Waals surface area contributed by atoms with Crippen LogP contribution in [0.15, 0.2) is 42.5 Å². The fraction of sp³-hybridized carbons (Fsp3) is 0.278. The first kappa shape index (κ1) is 15.3. The van der Waals surface area contributed by atoms with Crippen molar-refractivity contribution >= 4 is 5.91 Å². The third-order valence-corrected chi connectivity index (χ3v) is 3.63. The SMILES string of the molecule is Cc1ccc(CC(=O)NCc2ccc(CO)cc2)cc1C. The molecule has 0 aliphatic rings. The van der Waals surface area contributed by atoms with E-state index in [1.165, 1.54) is 11.1 Å². The van der Waals surface area contributed by atoms with Crippen LogP contribution in [0.5, 0.6) is 0 Å². The molecule has 0 aromatic heterocycles. The molecule has 0 saturated heterocycles. The third kappa shape index (κ3) is 4.43. The predicted molar refractivity (Wildman–Crippen MR) is 83.8 cm³/mol. The lowest BCUT2D eigenvalue weighted by Gasteiger charge is -2.08. The Morgan fingerprint density at radius 2 is 1.57 bits per heavy atom. The summed E-state index contributed by atoms with van der Waals surface area (Å²) in [6, 6.07) is 13.7. The molecule has 0 radical (unpaired) electrons. The van der Waals surface area contributed by atoms with Gasteiger partial charge in [-0.05, 0) is 41.7 Å². The summed E-state index contributed by atoms with van der Waals surface area (Å²) in [5, 5.41) is 11.9. The van der Waals surface area contributed by atoms with Crippen molar-refractivity contribution in [2.75, 3.05) is 0 Å². The predicted octanol–water partition coefficient (Wildman–Crippen LogP) is 2.65. The van der Waals surface area contributed by atoms with Crippen LogP contribution in [0.3, 0.4) is 0 Å². The molecular weight excluding hydrogens is 262 g/mol. The Kier molecular flexibility index (Phi) is 5.12. The minimum Gasteiger partial charge on any atom is -0.392 e. The number of hydrogen-bond acceptors (Lipinski definition) is 2. The molecule has 2 aromatic rings. The highest BCUT2D eigenvalue weighted by atomic mass is 16.3. The highest BCUT2D eigenvalue weighted by Crippen LogP contribution is 2.10. The summed E-state index contributed by atoms with van der Waals surface area (Å²) >= 11 is 0. The highest BCUT2D eigenvalue weighted by Gasteiger charge is 2.04. The summed E-state index contributed by atoms with van der Waals surface area (Å²) in [5.74, 6) is 0.0180. The van der Waals surface area contributed by atoms with E-state index in [1.54, 1.807) is 0 Å². The van der Waals surface area contributed by atoms with Crippen LogP contribution in [0, 0.1) is 13.8 Å². The van der Waals surface area contributed by atoms with Gasteiger partial charge in [0.05, 0.1) is 13.0 Å². The van der Waals surface area contributed by atoms with Crippen LogP contribution >= 0.6 is 0 Å². The van der Waals surface area contributed by atoms with E-state index in [0.29, 0.717) is 13.0 Å². The lowest BCUT2D eigenvalue weighted by molar-refractivity contribution is -0.120. The Hall–Kier alpha value is -2.13. The number of carbonyl (C=O) groups excluding carboxylic acids is 1. The van der Waals surface area contributed by atoms with Crippen molar-refractivity contribution in [1.82, 2.24) is 5.32 Å². The molecule has 0 spiro atoms. The minimum absolute atomic E-state index is 0.0180. The Balaban J connectivity index is 1.87. The number of benzene rings is 2. The number of nitrogens with one attached hydrogen (secondary N) is 1. The standard InChI is InChI=1S/C18H21NO2/c1-13-3-4-17(9-14(13)2)10-18(21)19-11-15-5-7-16(12-20)8-6-15/h3-9,20H,10-12H2,1-2H3,(H,19,21). The second kappa shape index (κ2) is 7.04. The number of aliphatic hydroxyl groups excluding tert-OH is 1. The number of hydrogen-bond donors (Lipinski definition) is 2. The van der Waals surface area contributed by atoms with Gasteiger partial charge in [0, 0.05) is 6.54 Å². The van der Waals surface area contributed by atoms with Crippen molar-refractivity contribution in [2.24, 2.45) is 0 Å². The van der Waals surface area contributed by atoms with Crippen LogP contribution < -0.4 is 5.32 Å². The Bertz CT molecular complexity index is 618. The molecule has 0 aliphatic carbocycles. The van der Waals surface area contributed by atoms with E-state index in [-0.39, 0.29) is 12.5 Å². The zero-order chi connectivity index (χ0) is 15.2. The lowest BCUT2D eigenvalue weighted by atomic mass is 10.0. The second-order valence-corrected chi connectivity index (χ2v) is 5.35. The molecule has 0 bridgehead atoms. The van der Waals surface area contributed by atoms with E-state index in [2.05, 4.69) is 25.2 Å². The fourth-order valence-electron chi connectivity index (χ4n) is 2.12. The Morgan fingerprint density at radius 1 is 0.952 bits per heavy atom. The van der Waals surface area contributed by atoms with Gasteiger partial charge < -0.3 is 10.4 Å². The zero-order valence-electron chi connectivity index (χ0n) is 12.5. The molecule has 3 nitrogen and oxygen atoms in total. The van der Waals surface area contributed by atoms with Crippen LogP contribution in [0.4, 0.5) is 0 Å². The molecule has 0 fully saturated rings. The summed E-state index contributed by atoms with van der Waals surface area (Å²) in [4.78, 5) is 12.0. The van der Waals surface area contributed by atoms with Gasteiger partial charge in [-0.25, -0.2) is 0 Å². The van der Waals surface area contributed by atoms with E-state index in [0.717, 1.165) is 16.7 Å². The van der Waals surface area contributed by atoms with Crippen LogP contribution in [0.25, 0.3) is 0 Å².